The van der Waals surface area contributed by atoms with Gasteiger partial charge in [0.05, 0.1) is 10.7 Å². The van der Waals surface area contributed by atoms with Crippen LogP contribution in [0.25, 0.3) is 0 Å². The van der Waals surface area contributed by atoms with E-state index in [1.165, 1.54) is 12.1 Å². The molecule has 1 aliphatic heterocycles. The van der Waals surface area contributed by atoms with Gasteiger partial charge in [0.1, 0.15) is 0 Å². The maximum atomic E-state index is 6.11. The van der Waals surface area contributed by atoms with Gasteiger partial charge in [-0.05, 0) is 24.5 Å². The molecule has 0 amide bonds. The summed E-state index contributed by atoms with van der Waals surface area (Å²) in [7, 11) is 0. The topological polar surface area (TPSA) is 3.24 Å². The lowest BCUT2D eigenvalue weighted by Gasteiger charge is -2.19. The molecule has 1 unspecified atom stereocenters. The van der Waals surface area contributed by atoms with Crippen LogP contribution in [-0.4, -0.2) is 13.1 Å². The van der Waals surface area contributed by atoms with Crippen LogP contribution in [0.4, 0.5) is 5.69 Å². The summed E-state index contributed by atoms with van der Waals surface area (Å²) in [4.78, 5) is 2.37. The van der Waals surface area contributed by atoms with Crippen LogP contribution in [0.15, 0.2) is 24.3 Å². The molecule has 0 spiro atoms. The first-order chi connectivity index (χ1) is 6.27. The Morgan fingerprint density at radius 2 is 2.15 bits per heavy atom. The lowest BCUT2D eigenvalue weighted by Crippen LogP contribution is -2.19. The Morgan fingerprint density at radius 1 is 1.38 bits per heavy atom. The summed E-state index contributed by atoms with van der Waals surface area (Å²) < 4.78 is 0. The van der Waals surface area contributed by atoms with E-state index in [1.54, 1.807) is 0 Å². The van der Waals surface area contributed by atoms with Gasteiger partial charge in [-0.3, -0.25) is 0 Å². The first-order valence-electron chi connectivity index (χ1n) is 4.77. The molecule has 1 aromatic rings. The molecule has 70 valence electrons. The zero-order chi connectivity index (χ0) is 9.26. The SMILES string of the molecule is CC1CCN(c2ccccc2Cl)C1. The Hall–Kier alpha value is -0.690. The molecule has 0 bridgehead atoms. The Morgan fingerprint density at radius 3 is 2.77 bits per heavy atom. The third kappa shape index (κ3) is 1.80. The fraction of sp³-hybridized carbons (Fsp3) is 0.455. The van der Waals surface area contributed by atoms with Gasteiger partial charge >= 0.3 is 0 Å². The molecular formula is C11H14ClN. The molecule has 1 fully saturated rings. The molecule has 1 aliphatic rings. The van der Waals surface area contributed by atoms with Crippen LogP contribution in [0.3, 0.4) is 0 Å². The smallest absolute Gasteiger partial charge is 0.0639 e. The van der Waals surface area contributed by atoms with Crippen molar-refractivity contribution in [1.82, 2.24) is 0 Å². The maximum Gasteiger partial charge on any atom is 0.0639 e. The van der Waals surface area contributed by atoms with Crippen molar-refractivity contribution in [3.8, 4) is 0 Å². The van der Waals surface area contributed by atoms with Gasteiger partial charge in [0.25, 0.3) is 0 Å². The second kappa shape index (κ2) is 3.59. The maximum absolute atomic E-state index is 6.11. The number of benzene rings is 1. The molecule has 0 radical (unpaired) electrons. The average Bonchev–Trinajstić information content (AvgIpc) is 2.53. The molecule has 0 N–H and O–H groups in total. The minimum atomic E-state index is 0.802. The normalized spacial score (nSPS) is 22.3. The van der Waals surface area contributed by atoms with Crippen LogP contribution in [0, 0.1) is 5.92 Å². The summed E-state index contributed by atoms with van der Waals surface area (Å²) in [6.07, 6.45) is 1.28. The summed E-state index contributed by atoms with van der Waals surface area (Å²) in [6, 6.07) is 8.08. The molecule has 13 heavy (non-hydrogen) atoms. The van der Waals surface area contributed by atoms with E-state index in [0.29, 0.717) is 0 Å². The van der Waals surface area contributed by atoms with Gasteiger partial charge in [-0.15, -0.1) is 0 Å². The molecule has 0 aromatic heterocycles. The Balaban J connectivity index is 2.21. The van der Waals surface area contributed by atoms with Crippen molar-refractivity contribution >= 4 is 17.3 Å². The Bertz CT molecular complexity index is 298. The molecule has 0 aliphatic carbocycles. The standard InChI is InChI=1S/C11H14ClN/c1-9-6-7-13(8-9)11-5-3-2-4-10(11)12/h2-5,9H,6-8H2,1H3. The fourth-order valence-corrected chi connectivity index (χ4v) is 2.12. The van der Waals surface area contributed by atoms with Crippen LogP contribution in [0.1, 0.15) is 13.3 Å². The van der Waals surface area contributed by atoms with Crippen LogP contribution in [0.2, 0.25) is 5.02 Å². The van der Waals surface area contributed by atoms with E-state index in [1.807, 2.05) is 18.2 Å². The van der Waals surface area contributed by atoms with Gasteiger partial charge in [0, 0.05) is 13.1 Å². The van der Waals surface area contributed by atoms with Gasteiger partial charge in [-0.1, -0.05) is 30.7 Å². The second-order valence-corrected chi connectivity index (χ2v) is 4.20. The van der Waals surface area contributed by atoms with Gasteiger partial charge < -0.3 is 4.90 Å². The number of hydrogen-bond donors (Lipinski definition) is 0. The molecular weight excluding hydrogens is 182 g/mol. The van der Waals surface area contributed by atoms with Gasteiger partial charge in [0.15, 0.2) is 0 Å². The van der Waals surface area contributed by atoms with Crippen LogP contribution in [-0.2, 0) is 0 Å². The zero-order valence-corrected chi connectivity index (χ0v) is 8.59. The van der Waals surface area contributed by atoms with Crippen molar-refractivity contribution in [3.63, 3.8) is 0 Å². The van der Waals surface area contributed by atoms with Crippen molar-refractivity contribution in [2.75, 3.05) is 18.0 Å². The quantitative estimate of drug-likeness (QED) is 0.666. The van der Waals surface area contributed by atoms with Gasteiger partial charge in [-0.2, -0.15) is 0 Å². The first kappa shape index (κ1) is 8.89. The van der Waals surface area contributed by atoms with E-state index < -0.39 is 0 Å². The molecule has 1 atom stereocenters. The van der Waals surface area contributed by atoms with E-state index in [4.69, 9.17) is 11.6 Å². The zero-order valence-electron chi connectivity index (χ0n) is 7.83. The summed E-state index contributed by atoms with van der Waals surface area (Å²) >= 11 is 6.11. The predicted molar refractivity (Wildman–Crippen MR) is 57.4 cm³/mol. The molecule has 1 aromatic carbocycles. The monoisotopic (exact) mass is 195 g/mol. The Kier molecular flexibility index (Phi) is 2.45. The van der Waals surface area contributed by atoms with Gasteiger partial charge in [0.2, 0.25) is 0 Å². The first-order valence-corrected chi connectivity index (χ1v) is 5.14. The summed E-state index contributed by atoms with van der Waals surface area (Å²) in [6.45, 7) is 4.57. The van der Waals surface area contributed by atoms with E-state index in [9.17, 15) is 0 Å². The minimum Gasteiger partial charge on any atom is -0.370 e. The number of nitrogens with zero attached hydrogens (tertiary/aromatic N) is 1. The number of rotatable bonds is 1. The highest BCUT2D eigenvalue weighted by molar-refractivity contribution is 6.33. The average molecular weight is 196 g/mol. The van der Waals surface area contributed by atoms with E-state index in [2.05, 4.69) is 17.9 Å². The lowest BCUT2D eigenvalue weighted by molar-refractivity contribution is 0.659. The third-order valence-corrected chi connectivity index (χ3v) is 2.94. The summed E-state index contributed by atoms with van der Waals surface area (Å²) in [5.74, 6) is 0.802. The highest BCUT2D eigenvalue weighted by atomic mass is 35.5. The molecule has 1 heterocycles. The van der Waals surface area contributed by atoms with Gasteiger partial charge in [-0.25, -0.2) is 0 Å². The number of anilines is 1. The van der Waals surface area contributed by atoms with E-state index in [0.717, 1.165) is 24.0 Å². The number of para-hydroxylation sites is 1. The number of hydrogen-bond acceptors (Lipinski definition) is 1. The second-order valence-electron chi connectivity index (χ2n) is 3.79. The van der Waals surface area contributed by atoms with Crippen molar-refractivity contribution in [3.05, 3.63) is 29.3 Å². The van der Waals surface area contributed by atoms with Crippen molar-refractivity contribution in [2.45, 2.75) is 13.3 Å². The Labute approximate surface area is 84.3 Å². The van der Waals surface area contributed by atoms with E-state index in [-0.39, 0.29) is 0 Å². The fourth-order valence-electron chi connectivity index (χ4n) is 1.86. The van der Waals surface area contributed by atoms with Crippen molar-refractivity contribution < 1.29 is 0 Å². The summed E-state index contributed by atoms with van der Waals surface area (Å²) in [5, 5.41) is 0.872. The highest BCUT2D eigenvalue weighted by Gasteiger charge is 2.19. The molecule has 2 heteroatoms. The molecule has 0 saturated carbocycles. The molecule has 2 rings (SSSR count). The lowest BCUT2D eigenvalue weighted by atomic mass is 10.2. The highest BCUT2D eigenvalue weighted by Crippen LogP contribution is 2.29. The largest absolute Gasteiger partial charge is 0.370 e. The van der Waals surface area contributed by atoms with Crippen LogP contribution >= 0.6 is 11.6 Å². The predicted octanol–water partition coefficient (Wildman–Crippen LogP) is 3.19. The third-order valence-electron chi connectivity index (χ3n) is 2.62. The van der Waals surface area contributed by atoms with Crippen LogP contribution in [0.5, 0.6) is 0 Å². The van der Waals surface area contributed by atoms with E-state index >= 15 is 0 Å². The summed E-state index contributed by atoms with van der Waals surface area (Å²) in [5.41, 5.74) is 1.19. The van der Waals surface area contributed by atoms with Crippen molar-refractivity contribution in [2.24, 2.45) is 5.92 Å². The minimum absolute atomic E-state index is 0.802. The van der Waals surface area contributed by atoms with Crippen molar-refractivity contribution in [1.29, 1.82) is 0 Å². The molecule has 1 saturated heterocycles. The molecule has 1 nitrogen and oxygen atoms in total. The van der Waals surface area contributed by atoms with Crippen LogP contribution < -0.4 is 4.90 Å². The number of halogens is 1.